The molecular weight excluding hydrogens is 396 g/mol. The van der Waals surface area contributed by atoms with Gasteiger partial charge in [-0.2, -0.15) is 0 Å². The number of aliphatic imine (C=N–C) groups is 1. The summed E-state index contributed by atoms with van der Waals surface area (Å²) in [7, 11) is -3.60. The van der Waals surface area contributed by atoms with Gasteiger partial charge in [-0.25, -0.2) is 8.42 Å². The van der Waals surface area contributed by atoms with Crippen molar-refractivity contribution in [3.05, 3.63) is 64.1 Å². The molecule has 0 bridgehead atoms. The van der Waals surface area contributed by atoms with Gasteiger partial charge in [0.2, 0.25) is 0 Å². The fourth-order valence-electron chi connectivity index (χ4n) is 2.18. The minimum atomic E-state index is -3.60. The highest BCUT2D eigenvalue weighted by Crippen LogP contribution is 2.22. The Morgan fingerprint density at radius 2 is 1.83 bits per heavy atom. The van der Waals surface area contributed by atoms with Crippen molar-refractivity contribution >= 4 is 37.8 Å². The number of esters is 1. The smallest absolute Gasteiger partial charge is 0.328 e. The molecule has 124 valence electrons. The molecule has 0 saturated heterocycles. The van der Waals surface area contributed by atoms with Gasteiger partial charge in [-0.3, -0.25) is 14.5 Å². The van der Waals surface area contributed by atoms with Crippen molar-refractivity contribution in [2.75, 3.05) is 6.54 Å². The second-order valence-electron chi connectivity index (χ2n) is 5.05. The van der Waals surface area contributed by atoms with E-state index in [4.69, 9.17) is 4.74 Å². The van der Waals surface area contributed by atoms with Gasteiger partial charge in [0, 0.05) is 10.0 Å². The minimum Gasteiger partial charge on any atom is -0.459 e. The molecular formula is C16H13BrN2O4S. The van der Waals surface area contributed by atoms with Crippen LogP contribution in [-0.4, -0.2) is 26.8 Å². The fourth-order valence-corrected chi connectivity index (χ4v) is 3.70. The maximum absolute atomic E-state index is 11.9. The number of carbonyl (C=O) groups excluding carboxylic acids is 1. The number of halogens is 1. The van der Waals surface area contributed by atoms with Crippen LogP contribution in [-0.2, 0) is 26.2 Å². The van der Waals surface area contributed by atoms with Crippen LogP contribution in [0.1, 0.15) is 11.1 Å². The third-order valence-electron chi connectivity index (χ3n) is 3.34. The fraction of sp³-hybridized carbons (Fsp3) is 0.125. The monoisotopic (exact) mass is 408 g/mol. The molecule has 3 rings (SSSR count). The van der Waals surface area contributed by atoms with Crippen LogP contribution in [0.5, 0.6) is 0 Å². The van der Waals surface area contributed by atoms with E-state index in [9.17, 15) is 13.2 Å². The van der Waals surface area contributed by atoms with Crippen molar-refractivity contribution in [3.63, 3.8) is 0 Å². The first-order chi connectivity index (χ1) is 11.5. The Balaban J connectivity index is 1.64. The molecule has 8 heteroatoms. The summed E-state index contributed by atoms with van der Waals surface area (Å²) in [6.45, 7) is -0.123. The van der Waals surface area contributed by atoms with Gasteiger partial charge in [-0.05, 0) is 29.8 Å². The van der Waals surface area contributed by atoms with Gasteiger partial charge in [0.15, 0.2) is 0 Å². The van der Waals surface area contributed by atoms with Gasteiger partial charge < -0.3 is 4.74 Å². The van der Waals surface area contributed by atoms with Gasteiger partial charge in [0.25, 0.3) is 10.0 Å². The predicted molar refractivity (Wildman–Crippen MR) is 92.1 cm³/mol. The zero-order chi connectivity index (χ0) is 17.2. The second-order valence-corrected chi connectivity index (χ2v) is 7.62. The molecule has 1 aliphatic heterocycles. The zero-order valence-corrected chi connectivity index (χ0v) is 14.8. The first kappa shape index (κ1) is 16.7. The molecule has 6 nitrogen and oxygen atoms in total. The predicted octanol–water partition coefficient (Wildman–Crippen LogP) is 2.23. The number of fused-ring (bicyclic) bond motifs is 1. The lowest BCUT2D eigenvalue weighted by Gasteiger charge is -2.04. The lowest BCUT2D eigenvalue weighted by atomic mass is 10.2. The molecule has 1 N–H and O–H groups in total. The topological polar surface area (TPSA) is 84.8 Å². The largest absolute Gasteiger partial charge is 0.459 e. The molecule has 0 amide bonds. The van der Waals surface area contributed by atoms with Crippen LogP contribution in [0, 0.1) is 0 Å². The minimum absolute atomic E-state index is 0.138. The molecule has 0 unspecified atom stereocenters. The molecule has 1 aliphatic rings. The van der Waals surface area contributed by atoms with Crippen molar-refractivity contribution in [1.82, 2.24) is 4.72 Å². The van der Waals surface area contributed by atoms with E-state index in [1.54, 1.807) is 18.2 Å². The quantitative estimate of drug-likeness (QED) is 0.785. The molecule has 0 aliphatic carbocycles. The van der Waals surface area contributed by atoms with Crippen molar-refractivity contribution in [2.45, 2.75) is 11.5 Å². The number of amidine groups is 1. The van der Waals surface area contributed by atoms with Gasteiger partial charge in [0.05, 0.1) is 4.90 Å². The number of rotatable bonds is 4. The lowest BCUT2D eigenvalue weighted by molar-refractivity contribution is -0.143. The molecule has 0 fully saturated rings. The number of benzene rings is 2. The lowest BCUT2D eigenvalue weighted by Crippen LogP contribution is -2.23. The highest BCUT2D eigenvalue weighted by atomic mass is 79.9. The van der Waals surface area contributed by atoms with Gasteiger partial charge in [0.1, 0.15) is 19.0 Å². The summed E-state index contributed by atoms with van der Waals surface area (Å²) in [4.78, 5) is 16.0. The summed E-state index contributed by atoms with van der Waals surface area (Å²) in [5.41, 5.74) is 1.31. The summed E-state index contributed by atoms with van der Waals surface area (Å²) in [6, 6.07) is 13.9. The third-order valence-corrected chi connectivity index (χ3v) is 5.27. The number of sulfonamides is 1. The Hall–Kier alpha value is -2.19. The zero-order valence-electron chi connectivity index (χ0n) is 12.4. The van der Waals surface area contributed by atoms with Crippen molar-refractivity contribution in [1.29, 1.82) is 0 Å². The van der Waals surface area contributed by atoms with Crippen molar-refractivity contribution in [3.8, 4) is 0 Å². The molecule has 0 aromatic heterocycles. The van der Waals surface area contributed by atoms with Crippen LogP contribution in [0.25, 0.3) is 0 Å². The first-order valence-corrected chi connectivity index (χ1v) is 9.30. The highest BCUT2D eigenvalue weighted by Gasteiger charge is 2.30. The maximum atomic E-state index is 11.9. The Bertz CT molecular complexity index is 908. The normalized spacial score (nSPS) is 16.5. The summed E-state index contributed by atoms with van der Waals surface area (Å²) >= 11 is 3.33. The van der Waals surface area contributed by atoms with E-state index in [2.05, 4.69) is 25.6 Å². The number of carbonyl (C=O) groups is 1. The van der Waals surface area contributed by atoms with Crippen LogP contribution in [0.4, 0.5) is 0 Å². The molecule has 0 saturated carbocycles. The van der Waals surface area contributed by atoms with Crippen LogP contribution >= 0.6 is 15.9 Å². The number of ether oxygens (including phenoxy) is 1. The van der Waals surface area contributed by atoms with E-state index in [-0.39, 0.29) is 23.9 Å². The van der Waals surface area contributed by atoms with Crippen molar-refractivity contribution < 1.29 is 17.9 Å². The van der Waals surface area contributed by atoms with Crippen LogP contribution in [0.3, 0.4) is 0 Å². The van der Waals surface area contributed by atoms with E-state index in [0.717, 1.165) is 10.0 Å². The SMILES string of the molecule is O=C(CN=C1NS(=O)(=O)c2ccccc21)OCc1ccc(Br)cc1. The molecule has 2 aromatic rings. The average molecular weight is 409 g/mol. The molecule has 1 heterocycles. The molecule has 0 spiro atoms. The highest BCUT2D eigenvalue weighted by molar-refractivity contribution is 9.10. The number of hydrogen-bond donors (Lipinski definition) is 1. The first-order valence-electron chi connectivity index (χ1n) is 7.02. The van der Waals surface area contributed by atoms with E-state index in [1.165, 1.54) is 6.07 Å². The molecule has 0 radical (unpaired) electrons. The average Bonchev–Trinajstić information content (AvgIpc) is 2.84. The summed E-state index contributed by atoms with van der Waals surface area (Å²) < 4.78 is 32.3. The van der Waals surface area contributed by atoms with Gasteiger partial charge >= 0.3 is 5.97 Å². The van der Waals surface area contributed by atoms with Crippen LogP contribution < -0.4 is 4.72 Å². The second kappa shape index (κ2) is 6.74. The van der Waals surface area contributed by atoms with Gasteiger partial charge in [-0.1, -0.05) is 40.2 Å². The maximum Gasteiger partial charge on any atom is 0.328 e. The summed E-state index contributed by atoms with van der Waals surface area (Å²) in [5, 5.41) is 0. The summed E-state index contributed by atoms with van der Waals surface area (Å²) in [6.07, 6.45) is 0. The van der Waals surface area contributed by atoms with Crippen LogP contribution in [0.2, 0.25) is 0 Å². The number of hydrogen-bond acceptors (Lipinski definition) is 5. The van der Waals surface area contributed by atoms with Crippen LogP contribution in [0.15, 0.2) is 62.9 Å². The Kier molecular flexibility index (Phi) is 4.68. The Morgan fingerprint density at radius 3 is 2.58 bits per heavy atom. The van der Waals surface area contributed by atoms with Gasteiger partial charge in [-0.15, -0.1) is 0 Å². The molecule has 2 aromatic carbocycles. The number of nitrogens with one attached hydrogen (secondary N) is 1. The van der Waals surface area contributed by atoms with Crippen molar-refractivity contribution in [2.24, 2.45) is 4.99 Å². The summed E-state index contributed by atoms with van der Waals surface area (Å²) in [5.74, 6) is -0.375. The van der Waals surface area contributed by atoms with E-state index < -0.39 is 16.0 Å². The van der Waals surface area contributed by atoms with E-state index in [1.807, 2.05) is 24.3 Å². The Morgan fingerprint density at radius 1 is 1.12 bits per heavy atom. The van der Waals surface area contributed by atoms with E-state index in [0.29, 0.717) is 5.56 Å². The Labute approximate surface area is 147 Å². The molecule has 24 heavy (non-hydrogen) atoms. The number of nitrogens with zero attached hydrogens (tertiary/aromatic N) is 1. The standard InChI is InChI=1S/C16H13BrN2O4S/c17-12-7-5-11(6-8-12)10-23-15(20)9-18-16-13-3-1-2-4-14(13)24(21,22)19-16/h1-8H,9-10H2,(H,18,19). The molecule has 0 atom stereocenters. The van der Waals surface area contributed by atoms with E-state index >= 15 is 0 Å². The third kappa shape index (κ3) is 3.65.